The first-order valence-corrected chi connectivity index (χ1v) is 5.90. The molecule has 0 bridgehead atoms. The van der Waals surface area contributed by atoms with E-state index in [-0.39, 0.29) is 11.3 Å². The molecule has 2 rings (SSSR count). The summed E-state index contributed by atoms with van der Waals surface area (Å²) >= 11 is 0. The van der Waals surface area contributed by atoms with Gasteiger partial charge >= 0.3 is 6.36 Å². The molecule has 0 atom stereocenters. The quantitative estimate of drug-likeness (QED) is 0.945. The Labute approximate surface area is 123 Å². The molecule has 22 heavy (non-hydrogen) atoms. The lowest BCUT2D eigenvalue weighted by atomic mass is 10.2. The maximum absolute atomic E-state index is 12.2. The zero-order valence-corrected chi connectivity index (χ0v) is 10.9. The van der Waals surface area contributed by atoms with Gasteiger partial charge in [-0.1, -0.05) is 0 Å². The van der Waals surface area contributed by atoms with Gasteiger partial charge in [0.25, 0.3) is 5.91 Å². The smallest absolute Gasteiger partial charge is 0.404 e. The topological polar surface area (TPSA) is 75.0 Å². The molecule has 5 nitrogen and oxygen atoms in total. The van der Waals surface area contributed by atoms with Crippen LogP contribution in [0.15, 0.2) is 42.7 Å². The van der Waals surface area contributed by atoms with E-state index in [9.17, 15) is 18.0 Å². The summed E-state index contributed by atoms with van der Waals surface area (Å²) in [6.07, 6.45) is -2.04. The van der Waals surface area contributed by atoms with Crippen LogP contribution < -0.4 is 10.1 Å². The zero-order valence-electron chi connectivity index (χ0n) is 10.9. The van der Waals surface area contributed by atoms with Gasteiger partial charge in [-0.3, -0.25) is 9.78 Å². The fourth-order valence-corrected chi connectivity index (χ4v) is 1.62. The number of carbonyl (C=O) groups excluding carboxylic acids is 1. The van der Waals surface area contributed by atoms with Crippen LogP contribution in [-0.2, 0) is 0 Å². The lowest BCUT2D eigenvalue weighted by Gasteiger charge is -2.11. The van der Waals surface area contributed by atoms with Gasteiger partial charge < -0.3 is 10.1 Å². The normalized spacial score (nSPS) is 10.6. The second-order valence-corrected chi connectivity index (χ2v) is 4.06. The van der Waals surface area contributed by atoms with Crippen LogP contribution in [0, 0.1) is 11.3 Å². The minimum Gasteiger partial charge on any atom is -0.404 e. The van der Waals surface area contributed by atoms with Crippen molar-refractivity contribution in [3.05, 3.63) is 53.9 Å². The Kier molecular flexibility index (Phi) is 4.27. The number of hydrogen-bond donors (Lipinski definition) is 1. The number of halogens is 3. The van der Waals surface area contributed by atoms with Crippen molar-refractivity contribution in [2.75, 3.05) is 5.32 Å². The first-order chi connectivity index (χ1) is 10.4. The number of ether oxygens (including phenoxy) is 1. The number of benzene rings is 1. The molecule has 0 aliphatic heterocycles. The highest BCUT2D eigenvalue weighted by molar-refractivity contribution is 6.04. The van der Waals surface area contributed by atoms with Crippen LogP contribution in [0.2, 0.25) is 0 Å². The molecule has 0 fully saturated rings. The lowest BCUT2D eigenvalue weighted by molar-refractivity contribution is -0.274. The van der Waals surface area contributed by atoms with Crippen molar-refractivity contribution in [3.63, 3.8) is 0 Å². The van der Waals surface area contributed by atoms with Crippen molar-refractivity contribution < 1.29 is 22.7 Å². The number of nitrogens with one attached hydrogen (secondary N) is 1. The second-order valence-electron chi connectivity index (χ2n) is 4.06. The maximum atomic E-state index is 12.2. The molecule has 0 unspecified atom stereocenters. The first-order valence-electron chi connectivity index (χ1n) is 5.90. The zero-order chi connectivity index (χ0) is 16.2. The number of carbonyl (C=O) groups is 1. The van der Waals surface area contributed by atoms with Gasteiger partial charge in [0.2, 0.25) is 0 Å². The number of anilines is 1. The average molecular weight is 307 g/mol. The van der Waals surface area contributed by atoms with E-state index >= 15 is 0 Å². The summed E-state index contributed by atoms with van der Waals surface area (Å²) in [5.41, 5.74) is 0.155. The molecule has 1 heterocycles. The summed E-state index contributed by atoms with van der Waals surface area (Å²) in [6, 6.07) is 7.81. The summed E-state index contributed by atoms with van der Waals surface area (Å²) in [7, 11) is 0. The molecule has 0 radical (unpaired) electrons. The predicted octanol–water partition coefficient (Wildman–Crippen LogP) is 3.10. The van der Waals surface area contributed by atoms with Crippen LogP contribution >= 0.6 is 0 Å². The Morgan fingerprint density at radius 1 is 1.23 bits per heavy atom. The minimum atomic E-state index is -4.90. The average Bonchev–Trinajstić information content (AvgIpc) is 2.48. The monoisotopic (exact) mass is 307 g/mol. The number of amides is 1. The van der Waals surface area contributed by atoms with Crippen LogP contribution in [0.4, 0.5) is 18.9 Å². The highest BCUT2D eigenvalue weighted by atomic mass is 19.4. The SMILES string of the molecule is N#Cc1cc(NC(=O)c2ccncc2)ccc1OC(F)(F)F. The van der Waals surface area contributed by atoms with Gasteiger partial charge in [0.1, 0.15) is 11.8 Å². The van der Waals surface area contributed by atoms with Crippen LogP contribution in [0.1, 0.15) is 15.9 Å². The Hall–Kier alpha value is -3.08. The van der Waals surface area contributed by atoms with Gasteiger partial charge in [0, 0.05) is 23.6 Å². The first kappa shape index (κ1) is 15.3. The van der Waals surface area contributed by atoms with Crippen LogP contribution in [0.3, 0.4) is 0 Å². The van der Waals surface area contributed by atoms with Gasteiger partial charge in [-0.15, -0.1) is 13.2 Å². The van der Waals surface area contributed by atoms with Crippen molar-refractivity contribution in [2.24, 2.45) is 0 Å². The third-order valence-electron chi connectivity index (χ3n) is 2.53. The number of aromatic nitrogens is 1. The van der Waals surface area contributed by atoms with E-state index in [1.807, 2.05) is 0 Å². The summed E-state index contributed by atoms with van der Waals surface area (Å²) < 4.78 is 40.3. The number of pyridine rings is 1. The number of hydrogen-bond acceptors (Lipinski definition) is 4. The molecule has 0 aliphatic carbocycles. The molecule has 0 spiro atoms. The third-order valence-corrected chi connectivity index (χ3v) is 2.53. The molecule has 1 aromatic heterocycles. The predicted molar refractivity (Wildman–Crippen MR) is 70.0 cm³/mol. The van der Waals surface area contributed by atoms with Crippen molar-refractivity contribution in [1.29, 1.82) is 5.26 Å². The van der Waals surface area contributed by atoms with Crippen molar-refractivity contribution in [3.8, 4) is 11.8 Å². The van der Waals surface area contributed by atoms with Crippen molar-refractivity contribution >= 4 is 11.6 Å². The second kappa shape index (κ2) is 6.13. The number of alkyl halides is 3. The largest absolute Gasteiger partial charge is 0.573 e. The summed E-state index contributed by atoms with van der Waals surface area (Å²) in [4.78, 5) is 15.7. The highest BCUT2D eigenvalue weighted by Crippen LogP contribution is 2.28. The van der Waals surface area contributed by atoms with Crippen LogP contribution in [0.5, 0.6) is 5.75 Å². The number of nitrogens with zero attached hydrogens (tertiary/aromatic N) is 2. The van der Waals surface area contributed by atoms with Gasteiger partial charge in [0.15, 0.2) is 0 Å². The summed E-state index contributed by atoms with van der Waals surface area (Å²) in [5.74, 6) is -1.10. The Morgan fingerprint density at radius 2 is 1.91 bits per heavy atom. The summed E-state index contributed by atoms with van der Waals surface area (Å²) in [6.45, 7) is 0. The molecule has 0 aliphatic rings. The molecule has 2 aromatic rings. The molecule has 112 valence electrons. The molecule has 0 saturated heterocycles. The molecule has 1 amide bonds. The van der Waals surface area contributed by atoms with E-state index in [2.05, 4.69) is 15.0 Å². The number of rotatable bonds is 3. The van der Waals surface area contributed by atoms with E-state index in [0.717, 1.165) is 12.1 Å². The highest BCUT2D eigenvalue weighted by Gasteiger charge is 2.32. The van der Waals surface area contributed by atoms with Crippen LogP contribution in [-0.4, -0.2) is 17.3 Å². The Bertz CT molecular complexity index is 724. The van der Waals surface area contributed by atoms with Gasteiger partial charge in [-0.25, -0.2) is 0 Å². The van der Waals surface area contributed by atoms with Crippen LogP contribution in [0.25, 0.3) is 0 Å². The Morgan fingerprint density at radius 3 is 2.50 bits per heavy atom. The fraction of sp³-hybridized carbons (Fsp3) is 0.0714. The summed E-state index contributed by atoms with van der Waals surface area (Å²) in [5, 5.41) is 11.3. The fourth-order valence-electron chi connectivity index (χ4n) is 1.62. The lowest BCUT2D eigenvalue weighted by Crippen LogP contribution is -2.18. The van der Waals surface area contributed by atoms with Gasteiger partial charge in [0.05, 0.1) is 5.56 Å². The third kappa shape index (κ3) is 3.96. The Balaban J connectivity index is 2.20. The van der Waals surface area contributed by atoms with E-state index < -0.39 is 18.0 Å². The van der Waals surface area contributed by atoms with Crippen molar-refractivity contribution in [2.45, 2.75) is 6.36 Å². The van der Waals surface area contributed by atoms with E-state index in [1.54, 1.807) is 6.07 Å². The standard InChI is InChI=1S/C14H8F3N3O2/c15-14(16,17)22-12-2-1-11(7-10(12)8-18)20-13(21)9-3-5-19-6-4-9/h1-7H,(H,20,21). The maximum Gasteiger partial charge on any atom is 0.573 e. The molecule has 1 aromatic carbocycles. The molecular formula is C14H8F3N3O2. The van der Waals surface area contributed by atoms with Crippen molar-refractivity contribution in [1.82, 2.24) is 4.98 Å². The molecule has 1 N–H and O–H groups in total. The van der Waals surface area contributed by atoms with Gasteiger partial charge in [-0.05, 0) is 30.3 Å². The molecular weight excluding hydrogens is 299 g/mol. The molecule has 8 heteroatoms. The van der Waals surface area contributed by atoms with E-state index in [4.69, 9.17) is 5.26 Å². The minimum absolute atomic E-state index is 0.174. The number of nitriles is 1. The molecule has 0 saturated carbocycles. The van der Waals surface area contributed by atoms with Gasteiger partial charge in [-0.2, -0.15) is 5.26 Å². The van der Waals surface area contributed by atoms with E-state index in [1.165, 1.54) is 30.6 Å². The van der Waals surface area contributed by atoms with E-state index in [0.29, 0.717) is 5.56 Å².